The van der Waals surface area contributed by atoms with Crippen LogP contribution in [-0.4, -0.2) is 16.9 Å². The van der Waals surface area contributed by atoms with Crippen molar-refractivity contribution in [1.82, 2.24) is 10.3 Å². The topological polar surface area (TPSA) is 82.1 Å². The standard InChI is InChI=1S/C14H12Cl2N2O3S/c1-7-13(14(20)21)22-12(18-7)5-11(19)17-6-8-9(15)3-2-4-10(8)16/h2-4H,5-6H2,1H3,(H,17,19)(H,20,21)/p-1. The molecule has 8 heteroatoms. The zero-order chi connectivity index (χ0) is 16.3. The van der Waals surface area contributed by atoms with Crippen LogP contribution in [0.3, 0.4) is 0 Å². The summed E-state index contributed by atoms with van der Waals surface area (Å²) in [6.45, 7) is 1.75. The number of nitrogens with one attached hydrogen (secondary N) is 1. The average molecular weight is 358 g/mol. The number of halogens is 2. The summed E-state index contributed by atoms with van der Waals surface area (Å²) < 4.78 is 0. The molecule has 0 fully saturated rings. The van der Waals surface area contributed by atoms with Crippen LogP contribution in [0, 0.1) is 6.92 Å². The SMILES string of the molecule is Cc1nc(CC(=O)NCc2c(Cl)cccc2Cl)sc1C(=O)[O-]. The normalized spacial score (nSPS) is 10.5. The molecule has 1 heterocycles. The van der Waals surface area contributed by atoms with Gasteiger partial charge in [-0.1, -0.05) is 29.3 Å². The Morgan fingerprint density at radius 2 is 1.95 bits per heavy atom. The van der Waals surface area contributed by atoms with Crippen LogP contribution in [0.1, 0.15) is 25.9 Å². The van der Waals surface area contributed by atoms with Crippen molar-refractivity contribution in [2.45, 2.75) is 19.9 Å². The van der Waals surface area contributed by atoms with Crippen LogP contribution in [0.15, 0.2) is 18.2 Å². The van der Waals surface area contributed by atoms with E-state index in [9.17, 15) is 14.7 Å². The zero-order valence-corrected chi connectivity index (χ0v) is 13.8. The molecule has 1 aromatic carbocycles. The van der Waals surface area contributed by atoms with Crippen LogP contribution in [-0.2, 0) is 17.8 Å². The number of carboxylic acid groups (broad SMARTS) is 1. The largest absolute Gasteiger partial charge is 0.544 e. The highest BCUT2D eigenvalue weighted by Gasteiger charge is 2.13. The monoisotopic (exact) mass is 357 g/mol. The predicted octanol–water partition coefficient (Wildman–Crippen LogP) is 1.98. The number of amides is 1. The first-order valence-electron chi connectivity index (χ1n) is 6.25. The van der Waals surface area contributed by atoms with Crippen LogP contribution < -0.4 is 10.4 Å². The number of aryl methyl sites for hydroxylation is 1. The van der Waals surface area contributed by atoms with Gasteiger partial charge in [0, 0.05) is 22.2 Å². The van der Waals surface area contributed by atoms with Gasteiger partial charge in [-0.05, 0) is 19.1 Å². The van der Waals surface area contributed by atoms with Gasteiger partial charge in [-0.3, -0.25) is 4.79 Å². The van der Waals surface area contributed by atoms with Crippen molar-refractivity contribution >= 4 is 46.4 Å². The van der Waals surface area contributed by atoms with E-state index in [-0.39, 0.29) is 23.7 Å². The molecule has 1 aromatic heterocycles. The van der Waals surface area contributed by atoms with E-state index in [2.05, 4.69) is 10.3 Å². The molecule has 116 valence electrons. The summed E-state index contributed by atoms with van der Waals surface area (Å²) in [6, 6.07) is 5.09. The Kier molecular flexibility index (Phi) is 5.39. The lowest BCUT2D eigenvalue weighted by atomic mass is 10.2. The van der Waals surface area contributed by atoms with Crippen molar-refractivity contribution in [3.63, 3.8) is 0 Å². The Morgan fingerprint density at radius 3 is 2.50 bits per heavy atom. The molecule has 5 nitrogen and oxygen atoms in total. The summed E-state index contributed by atoms with van der Waals surface area (Å²) >= 11 is 13.0. The van der Waals surface area contributed by atoms with E-state index in [1.54, 1.807) is 25.1 Å². The first kappa shape index (κ1) is 16.7. The van der Waals surface area contributed by atoms with Crippen LogP contribution >= 0.6 is 34.5 Å². The number of benzene rings is 1. The fourth-order valence-corrected chi connectivity index (χ4v) is 3.23. The number of hydrogen-bond donors (Lipinski definition) is 1. The maximum atomic E-state index is 11.9. The quantitative estimate of drug-likeness (QED) is 0.886. The number of carboxylic acids is 1. The third-order valence-corrected chi connectivity index (χ3v) is 4.71. The number of rotatable bonds is 5. The molecule has 0 spiro atoms. The van der Waals surface area contributed by atoms with Gasteiger partial charge in [-0.15, -0.1) is 11.3 Å². The molecule has 0 aliphatic rings. The van der Waals surface area contributed by atoms with Gasteiger partial charge in [0.1, 0.15) is 5.01 Å². The van der Waals surface area contributed by atoms with Crippen molar-refractivity contribution in [2.75, 3.05) is 0 Å². The second-order valence-electron chi connectivity index (χ2n) is 4.46. The highest BCUT2D eigenvalue weighted by molar-refractivity contribution is 7.13. The Labute approximate surface area is 140 Å². The van der Waals surface area contributed by atoms with E-state index in [4.69, 9.17) is 23.2 Å². The summed E-state index contributed by atoms with van der Waals surface area (Å²) in [4.78, 5) is 26.8. The molecule has 0 aliphatic carbocycles. The number of hydrogen-bond acceptors (Lipinski definition) is 5. The average Bonchev–Trinajstić information content (AvgIpc) is 2.79. The maximum absolute atomic E-state index is 11.9. The number of aromatic nitrogens is 1. The fourth-order valence-electron chi connectivity index (χ4n) is 1.81. The number of aromatic carboxylic acids is 1. The molecule has 0 aliphatic heterocycles. The number of nitrogens with zero attached hydrogens (tertiary/aromatic N) is 1. The van der Waals surface area contributed by atoms with Crippen molar-refractivity contribution in [2.24, 2.45) is 0 Å². The van der Waals surface area contributed by atoms with Gasteiger partial charge >= 0.3 is 0 Å². The highest BCUT2D eigenvalue weighted by atomic mass is 35.5. The van der Waals surface area contributed by atoms with Gasteiger partial charge in [0.15, 0.2) is 0 Å². The van der Waals surface area contributed by atoms with E-state index >= 15 is 0 Å². The number of thiazole rings is 1. The van der Waals surface area contributed by atoms with Crippen LogP contribution in [0.2, 0.25) is 10.0 Å². The highest BCUT2D eigenvalue weighted by Crippen LogP contribution is 2.24. The molecule has 2 aromatic rings. The van der Waals surface area contributed by atoms with Gasteiger partial charge in [0.2, 0.25) is 5.91 Å². The van der Waals surface area contributed by atoms with Gasteiger partial charge in [0.25, 0.3) is 0 Å². The molecule has 2 rings (SSSR count). The van der Waals surface area contributed by atoms with Crippen molar-refractivity contribution < 1.29 is 14.7 Å². The number of carbonyl (C=O) groups is 2. The van der Waals surface area contributed by atoms with Crippen LogP contribution in [0.4, 0.5) is 0 Å². The van der Waals surface area contributed by atoms with E-state index in [1.165, 1.54) is 0 Å². The number of carbonyl (C=O) groups excluding carboxylic acids is 2. The minimum absolute atomic E-state index is 0.0130. The summed E-state index contributed by atoms with van der Waals surface area (Å²) in [7, 11) is 0. The maximum Gasteiger partial charge on any atom is 0.227 e. The summed E-state index contributed by atoms with van der Waals surface area (Å²) in [5, 5.41) is 14.9. The molecule has 1 amide bonds. The predicted molar refractivity (Wildman–Crippen MR) is 83.2 cm³/mol. The summed E-state index contributed by atoms with van der Waals surface area (Å²) in [5.41, 5.74) is 0.979. The molecular formula is C14H11Cl2N2O3S-. The second-order valence-corrected chi connectivity index (χ2v) is 6.36. The van der Waals surface area contributed by atoms with E-state index in [0.29, 0.717) is 26.3 Å². The third-order valence-electron chi connectivity index (χ3n) is 2.86. The van der Waals surface area contributed by atoms with E-state index < -0.39 is 5.97 Å². The van der Waals surface area contributed by atoms with E-state index in [0.717, 1.165) is 11.3 Å². The Balaban J connectivity index is 1.99. The van der Waals surface area contributed by atoms with Crippen molar-refractivity contribution in [3.8, 4) is 0 Å². The van der Waals surface area contributed by atoms with Gasteiger partial charge < -0.3 is 15.2 Å². The molecular weight excluding hydrogens is 347 g/mol. The van der Waals surface area contributed by atoms with Gasteiger partial charge in [-0.25, -0.2) is 4.98 Å². The molecule has 0 radical (unpaired) electrons. The Hall–Kier alpha value is -1.63. The Morgan fingerprint density at radius 1 is 1.32 bits per heavy atom. The summed E-state index contributed by atoms with van der Waals surface area (Å²) in [5.74, 6) is -1.58. The molecule has 0 atom stereocenters. The van der Waals surface area contributed by atoms with Gasteiger partial charge in [-0.2, -0.15) is 0 Å². The lowest BCUT2D eigenvalue weighted by molar-refractivity contribution is -0.254. The molecule has 22 heavy (non-hydrogen) atoms. The molecule has 1 N–H and O–H groups in total. The first-order chi connectivity index (χ1) is 10.4. The molecule has 0 saturated heterocycles. The summed E-state index contributed by atoms with van der Waals surface area (Å²) in [6.07, 6.45) is -0.0130. The minimum atomic E-state index is -1.29. The third kappa shape index (κ3) is 3.97. The smallest absolute Gasteiger partial charge is 0.227 e. The lowest BCUT2D eigenvalue weighted by Gasteiger charge is -2.08. The van der Waals surface area contributed by atoms with Crippen LogP contribution in [0.5, 0.6) is 0 Å². The van der Waals surface area contributed by atoms with Gasteiger partial charge in [0.05, 0.1) is 23.0 Å². The first-order valence-corrected chi connectivity index (χ1v) is 7.83. The van der Waals surface area contributed by atoms with Crippen molar-refractivity contribution in [1.29, 1.82) is 0 Å². The lowest BCUT2D eigenvalue weighted by Crippen LogP contribution is -2.24. The van der Waals surface area contributed by atoms with Crippen molar-refractivity contribution in [3.05, 3.63) is 49.4 Å². The Bertz CT molecular complexity index is 711. The molecule has 0 unspecified atom stereocenters. The minimum Gasteiger partial charge on any atom is -0.544 e. The fraction of sp³-hybridized carbons (Fsp3) is 0.214. The molecule has 0 bridgehead atoms. The second kappa shape index (κ2) is 7.09. The molecule has 0 saturated carbocycles. The van der Waals surface area contributed by atoms with E-state index in [1.807, 2.05) is 0 Å². The zero-order valence-electron chi connectivity index (χ0n) is 11.5. The van der Waals surface area contributed by atoms with Crippen LogP contribution in [0.25, 0.3) is 0 Å².